The first-order valence-corrected chi connectivity index (χ1v) is 6.63. The smallest absolute Gasteiger partial charge is 0.135 e. The predicted octanol–water partition coefficient (Wildman–Crippen LogP) is 0.769. The van der Waals surface area contributed by atoms with E-state index in [1.165, 1.54) is 0 Å². The third kappa shape index (κ3) is 1.87. The summed E-state index contributed by atoms with van der Waals surface area (Å²) in [7, 11) is 2.15. The normalized spacial score (nSPS) is 28.5. The van der Waals surface area contributed by atoms with Crippen molar-refractivity contribution in [1.82, 2.24) is 14.9 Å². The van der Waals surface area contributed by atoms with Gasteiger partial charge in [0.1, 0.15) is 12.1 Å². The average molecular weight is 248 g/mol. The highest BCUT2D eigenvalue weighted by molar-refractivity contribution is 5.53. The molecule has 0 spiro atoms. The van der Waals surface area contributed by atoms with E-state index in [0.29, 0.717) is 5.92 Å². The van der Waals surface area contributed by atoms with Crippen molar-refractivity contribution in [2.75, 3.05) is 38.1 Å². The van der Waals surface area contributed by atoms with Gasteiger partial charge in [0.25, 0.3) is 0 Å². The second kappa shape index (κ2) is 4.48. The number of hydrogen-bond donors (Lipinski definition) is 1. The van der Waals surface area contributed by atoms with Gasteiger partial charge < -0.3 is 14.9 Å². The largest absolute Gasteiger partial charge is 0.387 e. The SMILES string of the molecule is C[C@@H]1CC(O)c2ncnc(N3CCN(C)CC3)c21. The van der Waals surface area contributed by atoms with E-state index in [0.717, 1.165) is 49.7 Å². The number of fused-ring (bicyclic) bond motifs is 1. The molecule has 1 unspecified atom stereocenters. The minimum atomic E-state index is -0.413. The molecule has 1 aromatic heterocycles. The van der Waals surface area contributed by atoms with Gasteiger partial charge in [-0.3, -0.25) is 0 Å². The monoisotopic (exact) mass is 248 g/mol. The van der Waals surface area contributed by atoms with Crippen LogP contribution >= 0.6 is 0 Å². The maximum absolute atomic E-state index is 10.00. The van der Waals surface area contributed by atoms with Crippen LogP contribution in [0.1, 0.15) is 36.6 Å². The van der Waals surface area contributed by atoms with Gasteiger partial charge in [0.2, 0.25) is 0 Å². The van der Waals surface area contributed by atoms with Gasteiger partial charge in [-0.25, -0.2) is 9.97 Å². The molecule has 0 bridgehead atoms. The molecule has 18 heavy (non-hydrogen) atoms. The Morgan fingerprint density at radius 2 is 1.94 bits per heavy atom. The number of nitrogens with zero attached hydrogens (tertiary/aromatic N) is 4. The topological polar surface area (TPSA) is 52.5 Å². The lowest BCUT2D eigenvalue weighted by molar-refractivity contribution is 0.170. The van der Waals surface area contributed by atoms with Gasteiger partial charge in [-0.05, 0) is 19.4 Å². The molecule has 0 radical (unpaired) electrons. The highest BCUT2D eigenvalue weighted by Crippen LogP contribution is 2.42. The van der Waals surface area contributed by atoms with Crippen molar-refractivity contribution >= 4 is 5.82 Å². The van der Waals surface area contributed by atoms with Crippen molar-refractivity contribution in [3.8, 4) is 0 Å². The zero-order valence-electron chi connectivity index (χ0n) is 11.0. The van der Waals surface area contributed by atoms with E-state index >= 15 is 0 Å². The highest BCUT2D eigenvalue weighted by Gasteiger charge is 2.33. The average Bonchev–Trinajstić information content (AvgIpc) is 2.66. The molecule has 1 N–H and O–H groups in total. The second-order valence-corrected chi connectivity index (χ2v) is 5.44. The van der Waals surface area contributed by atoms with Crippen LogP contribution in [-0.2, 0) is 0 Å². The van der Waals surface area contributed by atoms with E-state index in [1.54, 1.807) is 6.33 Å². The van der Waals surface area contributed by atoms with E-state index in [1.807, 2.05) is 0 Å². The Bertz CT molecular complexity index is 443. The van der Waals surface area contributed by atoms with Crippen molar-refractivity contribution < 1.29 is 5.11 Å². The molecule has 5 nitrogen and oxygen atoms in total. The predicted molar refractivity (Wildman–Crippen MR) is 69.7 cm³/mol. The van der Waals surface area contributed by atoms with Crippen LogP contribution in [0.15, 0.2) is 6.33 Å². The van der Waals surface area contributed by atoms with Gasteiger partial charge >= 0.3 is 0 Å². The Morgan fingerprint density at radius 1 is 1.22 bits per heavy atom. The number of aliphatic hydroxyl groups is 1. The van der Waals surface area contributed by atoms with Crippen molar-refractivity contribution in [3.05, 3.63) is 17.6 Å². The summed E-state index contributed by atoms with van der Waals surface area (Å²) in [4.78, 5) is 13.4. The minimum Gasteiger partial charge on any atom is -0.387 e. The Morgan fingerprint density at radius 3 is 2.67 bits per heavy atom. The fourth-order valence-corrected chi connectivity index (χ4v) is 2.97. The second-order valence-electron chi connectivity index (χ2n) is 5.44. The first-order chi connectivity index (χ1) is 8.66. The molecule has 2 heterocycles. The van der Waals surface area contributed by atoms with Crippen LogP contribution in [0.2, 0.25) is 0 Å². The molecule has 1 aromatic rings. The Hall–Kier alpha value is -1.20. The number of anilines is 1. The van der Waals surface area contributed by atoms with E-state index in [2.05, 4.69) is 33.7 Å². The lowest BCUT2D eigenvalue weighted by atomic mass is 10.1. The summed E-state index contributed by atoms with van der Waals surface area (Å²) in [5.41, 5.74) is 2.00. The lowest BCUT2D eigenvalue weighted by Crippen LogP contribution is -2.45. The van der Waals surface area contributed by atoms with Crippen molar-refractivity contribution in [1.29, 1.82) is 0 Å². The summed E-state index contributed by atoms with van der Waals surface area (Å²) < 4.78 is 0. The molecule has 0 saturated carbocycles. The van der Waals surface area contributed by atoms with Crippen molar-refractivity contribution in [2.24, 2.45) is 0 Å². The van der Waals surface area contributed by atoms with Gasteiger partial charge in [-0.1, -0.05) is 6.92 Å². The molecule has 2 aliphatic rings. The summed E-state index contributed by atoms with van der Waals surface area (Å²) >= 11 is 0. The molecule has 0 aromatic carbocycles. The minimum absolute atomic E-state index is 0.353. The van der Waals surface area contributed by atoms with E-state index in [4.69, 9.17) is 0 Å². The van der Waals surface area contributed by atoms with Gasteiger partial charge in [0.05, 0.1) is 11.8 Å². The number of rotatable bonds is 1. The molecule has 1 aliphatic heterocycles. The van der Waals surface area contributed by atoms with Crippen molar-refractivity contribution in [3.63, 3.8) is 0 Å². The van der Waals surface area contributed by atoms with Crippen LogP contribution in [0.4, 0.5) is 5.82 Å². The standard InChI is InChI=1S/C13H20N4O/c1-9-7-10(18)12-11(9)13(15-8-14-12)17-5-3-16(2)4-6-17/h8-10,18H,3-7H2,1-2H3/t9-,10?/m1/s1. The zero-order chi connectivity index (χ0) is 12.7. The maximum Gasteiger partial charge on any atom is 0.135 e. The molecule has 2 atom stereocenters. The van der Waals surface area contributed by atoms with Crippen LogP contribution in [0, 0.1) is 0 Å². The molecular formula is C13H20N4O. The fourth-order valence-electron chi connectivity index (χ4n) is 2.97. The lowest BCUT2D eigenvalue weighted by Gasteiger charge is -2.34. The van der Waals surface area contributed by atoms with E-state index < -0.39 is 6.10 Å². The van der Waals surface area contributed by atoms with Gasteiger partial charge in [-0.15, -0.1) is 0 Å². The molecule has 98 valence electrons. The molecule has 1 fully saturated rings. The van der Waals surface area contributed by atoms with Crippen LogP contribution < -0.4 is 4.90 Å². The Labute approximate surface area is 107 Å². The molecule has 1 saturated heterocycles. The Balaban J connectivity index is 1.94. The van der Waals surface area contributed by atoms with Crippen LogP contribution in [0.3, 0.4) is 0 Å². The number of piperazine rings is 1. The Kier molecular flexibility index (Phi) is 2.95. The highest BCUT2D eigenvalue weighted by atomic mass is 16.3. The van der Waals surface area contributed by atoms with Gasteiger partial charge in [0.15, 0.2) is 0 Å². The summed E-state index contributed by atoms with van der Waals surface area (Å²) in [5, 5.41) is 10.00. The molecular weight excluding hydrogens is 228 g/mol. The third-order valence-electron chi connectivity index (χ3n) is 4.08. The summed E-state index contributed by atoms with van der Waals surface area (Å²) in [6.45, 7) is 6.29. The van der Waals surface area contributed by atoms with Crippen molar-refractivity contribution in [2.45, 2.75) is 25.4 Å². The molecule has 3 rings (SSSR count). The number of likely N-dealkylation sites (N-methyl/N-ethyl adjacent to an activating group) is 1. The quantitative estimate of drug-likeness (QED) is 0.795. The van der Waals surface area contributed by atoms with E-state index in [9.17, 15) is 5.11 Å². The van der Waals surface area contributed by atoms with Crippen LogP contribution in [0.25, 0.3) is 0 Å². The number of hydrogen-bond acceptors (Lipinski definition) is 5. The zero-order valence-corrected chi connectivity index (χ0v) is 11.0. The van der Waals surface area contributed by atoms with Gasteiger partial charge in [-0.2, -0.15) is 0 Å². The number of aromatic nitrogens is 2. The van der Waals surface area contributed by atoms with E-state index in [-0.39, 0.29) is 0 Å². The van der Waals surface area contributed by atoms with Crippen LogP contribution in [-0.4, -0.2) is 53.2 Å². The summed E-state index contributed by atoms with van der Waals surface area (Å²) in [6, 6.07) is 0. The number of aliphatic hydroxyl groups excluding tert-OH is 1. The third-order valence-corrected chi connectivity index (χ3v) is 4.08. The molecule has 1 aliphatic carbocycles. The maximum atomic E-state index is 10.00. The fraction of sp³-hybridized carbons (Fsp3) is 0.692. The molecule has 5 heteroatoms. The first-order valence-electron chi connectivity index (χ1n) is 6.63. The summed E-state index contributed by atoms with van der Waals surface area (Å²) in [6.07, 6.45) is 1.95. The molecule has 0 amide bonds. The van der Waals surface area contributed by atoms with Gasteiger partial charge in [0, 0.05) is 31.7 Å². The first kappa shape index (κ1) is 11.9. The van der Waals surface area contributed by atoms with Crippen LogP contribution in [0.5, 0.6) is 0 Å². The summed E-state index contributed by atoms with van der Waals surface area (Å²) in [5.74, 6) is 1.39.